The number of aliphatic imine (C=N–C) groups is 1. The molecule has 2 N–H and O–H groups in total. The maximum absolute atomic E-state index is 5.73. The molecule has 1 unspecified atom stereocenters. The Kier molecular flexibility index (Phi) is 10.1. The summed E-state index contributed by atoms with van der Waals surface area (Å²) >= 11 is 0. The van der Waals surface area contributed by atoms with E-state index in [1.165, 1.54) is 32.1 Å². The second-order valence-electron chi connectivity index (χ2n) is 7.95. The molecule has 1 aromatic heterocycles. The molecule has 6 nitrogen and oxygen atoms in total. The number of halogens is 1. The summed E-state index contributed by atoms with van der Waals surface area (Å²) in [6, 6.07) is 4.33. The van der Waals surface area contributed by atoms with Crippen LogP contribution in [-0.2, 0) is 4.74 Å². The summed E-state index contributed by atoms with van der Waals surface area (Å²) in [5, 5.41) is 6.98. The van der Waals surface area contributed by atoms with Gasteiger partial charge in [-0.05, 0) is 69.7 Å². The van der Waals surface area contributed by atoms with Crippen LogP contribution in [0.25, 0.3) is 0 Å². The van der Waals surface area contributed by atoms with Crippen molar-refractivity contribution >= 4 is 29.9 Å². The molecule has 0 bridgehead atoms. The van der Waals surface area contributed by atoms with E-state index in [0.29, 0.717) is 5.41 Å². The summed E-state index contributed by atoms with van der Waals surface area (Å²) in [4.78, 5) is 7.45. The first-order valence-corrected chi connectivity index (χ1v) is 10.5. The van der Waals surface area contributed by atoms with Crippen molar-refractivity contribution in [2.45, 2.75) is 51.5 Å². The third-order valence-electron chi connectivity index (χ3n) is 6.08. The normalized spacial score (nSPS) is 20.3. The van der Waals surface area contributed by atoms with Crippen LogP contribution in [0, 0.1) is 5.41 Å². The van der Waals surface area contributed by atoms with Crippen LogP contribution in [0.1, 0.15) is 57.3 Å². The average Bonchev–Trinajstić information content (AvgIpc) is 3.35. The first kappa shape index (κ1) is 23.5. The molecule has 160 valence electrons. The number of rotatable bonds is 10. The van der Waals surface area contributed by atoms with E-state index < -0.39 is 0 Å². The molecule has 1 aliphatic carbocycles. The van der Waals surface area contributed by atoms with E-state index in [-0.39, 0.29) is 30.0 Å². The highest BCUT2D eigenvalue weighted by Crippen LogP contribution is 2.44. The summed E-state index contributed by atoms with van der Waals surface area (Å²) in [5.41, 5.74) is 0.341. The van der Waals surface area contributed by atoms with Crippen molar-refractivity contribution in [3.63, 3.8) is 0 Å². The van der Waals surface area contributed by atoms with E-state index in [4.69, 9.17) is 14.1 Å². The van der Waals surface area contributed by atoms with Gasteiger partial charge in [-0.15, -0.1) is 24.0 Å². The second-order valence-corrected chi connectivity index (χ2v) is 7.95. The summed E-state index contributed by atoms with van der Waals surface area (Å²) < 4.78 is 11.0. The van der Waals surface area contributed by atoms with Crippen LogP contribution in [-0.4, -0.2) is 57.3 Å². The van der Waals surface area contributed by atoms with Crippen molar-refractivity contribution in [2.75, 3.05) is 46.4 Å². The van der Waals surface area contributed by atoms with Crippen molar-refractivity contribution in [1.29, 1.82) is 0 Å². The maximum Gasteiger partial charge on any atom is 0.191 e. The molecule has 0 radical (unpaired) electrons. The number of guanidine groups is 1. The van der Waals surface area contributed by atoms with Gasteiger partial charge in [0.2, 0.25) is 0 Å². The molecule has 3 rings (SSSR count). The number of methoxy groups -OCH3 is 1. The zero-order valence-electron chi connectivity index (χ0n) is 17.4. The topological polar surface area (TPSA) is 62.0 Å². The third kappa shape index (κ3) is 6.35. The predicted molar refractivity (Wildman–Crippen MR) is 124 cm³/mol. The molecule has 0 spiro atoms. The molecule has 0 aromatic carbocycles. The van der Waals surface area contributed by atoms with Crippen molar-refractivity contribution in [1.82, 2.24) is 15.5 Å². The van der Waals surface area contributed by atoms with Gasteiger partial charge >= 0.3 is 0 Å². The first-order valence-electron chi connectivity index (χ1n) is 10.5. The van der Waals surface area contributed by atoms with E-state index >= 15 is 0 Å². The Morgan fingerprint density at radius 1 is 1.29 bits per heavy atom. The largest absolute Gasteiger partial charge is 0.468 e. The SMILES string of the molecule is CCNC(=NCC1(CCOC)CCC1)NCC(c1ccco1)N1CCCC1.I. The van der Waals surface area contributed by atoms with Crippen molar-refractivity contribution < 1.29 is 9.15 Å². The number of hydrogen-bond acceptors (Lipinski definition) is 4. The van der Waals surface area contributed by atoms with Crippen LogP contribution in [0.2, 0.25) is 0 Å². The number of ether oxygens (including phenoxy) is 1. The lowest BCUT2D eigenvalue weighted by Gasteiger charge is -2.40. The Morgan fingerprint density at radius 3 is 2.64 bits per heavy atom. The number of nitrogens with one attached hydrogen (secondary N) is 2. The highest BCUT2D eigenvalue weighted by Gasteiger charge is 2.36. The average molecular weight is 504 g/mol. The summed E-state index contributed by atoms with van der Waals surface area (Å²) in [7, 11) is 1.79. The number of hydrogen-bond donors (Lipinski definition) is 2. The van der Waals surface area contributed by atoms with Crippen LogP contribution in [0.15, 0.2) is 27.8 Å². The van der Waals surface area contributed by atoms with Gasteiger partial charge in [-0.25, -0.2) is 0 Å². The summed E-state index contributed by atoms with van der Waals surface area (Å²) in [6.07, 6.45) is 9.27. The molecular formula is C21H37IN4O2. The van der Waals surface area contributed by atoms with Gasteiger partial charge in [-0.1, -0.05) is 6.42 Å². The molecule has 1 aromatic rings. The fourth-order valence-corrected chi connectivity index (χ4v) is 4.21. The zero-order chi connectivity index (χ0) is 19.0. The Hall–Kier alpha value is -0.800. The number of nitrogens with zero attached hydrogens (tertiary/aromatic N) is 2. The van der Waals surface area contributed by atoms with Crippen molar-refractivity contribution in [2.24, 2.45) is 10.4 Å². The Morgan fingerprint density at radius 2 is 2.07 bits per heavy atom. The van der Waals surface area contributed by atoms with Gasteiger partial charge in [-0.3, -0.25) is 9.89 Å². The fourth-order valence-electron chi connectivity index (χ4n) is 4.21. The molecule has 1 saturated carbocycles. The van der Waals surface area contributed by atoms with Gasteiger partial charge in [0.1, 0.15) is 5.76 Å². The highest BCUT2D eigenvalue weighted by molar-refractivity contribution is 14.0. The van der Waals surface area contributed by atoms with E-state index in [1.807, 2.05) is 6.07 Å². The van der Waals surface area contributed by atoms with Crippen LogP contribution >= 0.6 is 24.0 Å². The van der Waals surface area contributed by atoms with Crippen LogP contribution in [0.5, 0.6) is 0 Å². The lowest BCUT2D eigenvalue weighted by atomic mass is 9.67. The van der Waals surface area contributed by atoms with Crippen LogP contribution in [0.3, 0.4) is 0 Å². The van der Waals surface area contributed by atoms with Crippen molar-refractivity contribution in [3.05, 3.63) is 24.2 Å². The minimum absolute atomic E-state index is 0. The van der Waals surface area contributed by atoms with E-state index in [2.05, 4.69) is 28.5 Å². The molecule has 2 aliphatic rings. The molecule has 0 amide bonds. The smallest absolute Gasteiger partial charge is 0.191 e. The summed E-state index contributed by atoms with van der Waals surface area (Å²) in [5.74, 6) is 1.95. The maximum atomic E-state index is 5.73. The van der Waals surface area contributed by atoms with Crippen molar-refractivity contribution in [3.8, 4) is 0 Å². The second kappa shape index (κ2) is 12.0. The molecule has 1 atom stereocenters. The van der Waals surface area contributed by atoms with Gasteiger partial charge in [-0.2, -0.15) is 0 Å². The summed E-state index contributed by atoms with van der Waals surface area (Å²) in [6.45, 7) is 7.78. The predicted octanol–water partition coefficient (Wildman–Crippen LogP) is 3.80. The monoisotopic (exact) mass is 504 g/mol. The van der Waals surface area contributed by atoms with E-state index in [0.717, 1.165) is 57.5 Å². The highest BCUT2D eigenvalue weighted by atomic mass is 127. The Labute approximate surface area is 186 Å². The molecule has 1 aliphatic heterocycles. The standard InChI is InChI=1S/C21H36N4O2.HI/c1-3-22-20(24-17-21(9-7-10-21)11-15-26-2)23-16-18(19-8-6-14-27-19)25-12-4-5-13-25;/h6,8,14,18H,3-5,7,9-13,15-17H2,1-2H3,(H2,22,23,24);1H. The van der Waals surface area contributed by atoms with Gasteiger partial charge in [0.05, 0.1) is 12.3 Å². The van der Waals surface area contributed by atoms with Gasteiger partial charge in [0, 0.05) is 33.4 Å². The first-order chi connectivity index (χ1) is 13.3. The fraction of sp³-hybridized carbons (Fsp3) is 0.762. The number of likely N-dealkylation sites (tertiary alicyclic amines) is 1. The molecule has 2 heterocycles. The molecule has 1 saturated heterocycles. The van der Waals surface area contributed by atoms with Crippen LogP contribution < -0.4 is 10.6 Å². The Balaban J connectivity index is 0.00000280. The quantitative estimate of drug-likeness (QED) is 0.289. The molecule has 2 fully saturated rings. The zero-order valence-corrected chi connectivity index (χ0v) is 19.7. The lowest BCUT2D eigenvalue weighted by molar-refractivity contribution is 0.0778. The Bertz CT molecular complexity index is 569. The van der Waals surface area contributed by atoms with Gasteiger partial charge < -0.3 is 19.8 Å². The molecular weight excluding hydrogens is 467 g/mol. The minimum Gasteiger partial charge on any atom is -0.468 e. The van der Waals surface area contributed by atoms with E-state index in [9.17, 15) is 0 Å². The van der Waals surface area contributed by atoms with Crippen LogP contribution in [0.4, 0.5) is 0 Å². The van der Waals surface area contributed by atoms with Gasteiger partial charge in [0.15, 0.2) is 5.96 Å². The third-order valence-corrected chi connectivity index (χ3v) is 6.08. The minimum atomic E-state index is 0. The van der Waals surface area contributed by atoms with Gasteiger partial charge in [0.25, 0.3) is 0 Å². The molecule has 7 heteroatoms. The van der Waals surface area contributed by atoms with E-state index in [1.54, 1.807) is 13.4 Å². The lowest BCUT2D eigenvalue weighted by Crippen LogP contribution is -2.43. The molecule has 28 heavy (non-hydrogen) atoms. The number of furan rings is 1.